The minimum absolute atomic E-state index is 0.0905. The second-order valence-corrected chi connectivity index (χ2v) is 19.2. The zero-order valence-corrected chi connectivity index (χ0v) is 44.0. The molecule has 0 radical (unpaired) electrons. The summed E-state index contributed by atoms with van der Waals surface area (Å²) in [5, 5.41) is 0. The van der Waals surface area contributed by atoms with Crippen LogP contribution in [0.4, 0.5) is 0 Å². The van der Waals surface area contributed by atoms with Gasteiger partial charge in [0.25, 0.3) is 0 Å². The largest absolute Gasteiger partial charge is 0.462 e. The Kier molecular flexibility index (Phi) is 52.8. The number of esters is 3. The predicted octanol–water partition coefficient (Wildman–Crippen LogP) is 19.0. The molecule has 0 aliphatic heterocycles. The number of rotatable bonds is 52. The molecule has 66 heavy (non-hydrogen) atoms. The van der Waals surface area contributed by atoms with Crippen molar-refractivity contribution in [2.45, 2.75) is 303 Å². The second-order valence-electron chi connectivity index (χ2n) is 19.2. The van der Waals surface area contributed by atoms with E-state index in [4.69, 9.17) is 14.2 Å². The smallest absolute Gasteiger partial charge is 0.306 e. The van der Waals surface area contributed by atoms with Gasteiger partial charge in [-0.05, 0) is 57.8 Å². The molecule has 0 unspecified atom stereocenters. The zero-order valence-electron chi connectivity index (χ0n) is 44.0. The van der Waals surface area contributed by atoms with Crippen LogP contribution in [0.15, 0.2) is 48.6 Å². The number of carbonyl (C=O) groups excluding carboxylic acids is 3. The van der Waals surface area contributed by atoms with E-state index in [0.29, 0.717) is 19.3 Å². The maximum absolute atomic E-state index is 12.8. The summed E-state index contributed by atoms with van der Waals surface area (Å²) in [5.74, 6) is -0.932. The Morgan fingerprint density at radius 3 is 0.894 bits per heavy atom. The lowest BCUT2D eigenvalue weighted by molar-refractivity contribution is -0.167. The highest BCUT2D eigenvalue weighted by atomic mass is 16.6. The summed E-state index contributed by atoms with van der Waals surface area (Å²) in [6.45, 7) is 6.60. The first-order valence-electron chi connectivity index (χ1n) is 28.6. The van der Waals surface area contributed by atoms with Gasteiger partial charge in [0.2, 0.25) is 0 Å². The van der Waals surface area contributed by atoms with Crippen LogP contribution in [0.25, 0.3) is 0 Å². The third-order valence-corrected chi connectivity index (χ3v) is 12.6. The van der Waals surface area contributed by atoms with Crippen molar-refractivity contribution in [3.05, 3.63) is 48.6 Å². The van der Waals surface area contributed by atoms with E-state index >= 15 is 0 Å². The number of hydrogen-bond donors (Lipinski definition) is 0. The number of carbonyl (C=O) groups is 3. The molecule has 0 fully saturated rings. The van der Waals surface area contributed by atoms with Crippen molar-refractivity contribution in [2.75, 3.05) is 13.2 Å². The van der Waals surface area contributed by atoms with Crippen molar-refractivity contribution in [1.29, 1.82) is 0 Å². The zero-order chi connectivity index (χ0) is 47.9. The molecule has 6 heteroatoms. The van der Waals surface area contributed by atoms with Gasteiger partial charge in [-0.2, -0.15) is 0 Å². The molecule has 0 aliphatic carbocycles. The summed E-state index contributed by atoms with van der Waals surface area (Å²) in [6, 6.07) is 0. The number of ether oxygens (including phenoxy) is 3. The molecular weight excluding hydrogens is 817 g/mol. The average molecular weight is 926 g/mol. The Morgan fingerprint density at radius 1 is 0.303 bits per heavy atom. The summed E-state index contributed by atoms with van der Waals surface area (Å²) < 4.78 is 16.8. The van der Waals surface area contributed by atoms with Crippen LogP contribution >= 0.6 is 0 Å². The summed E-state index contributed by atoms with van der Waals surface area (Å²) in [4.78, 5) is 38.1. The van der Waals surface area contributed by atoms with Crippen LogP contribution in [0.3, 0.4) is 0 Å². The van der Waals surface area contributed by atoms with Crippen LogP contribution in [-0.2, 0) is 28.6 Å². The van der Waals surface area contributed by atoms with E-state index in [1.807, 2.05) is 0 Å². The molecule has 384 valence electrons. The van der Waals surface area contributed by atoms with E-state index in [-0.39, 0.29) is 37.5 Å². The predicted molar refractivity (Wildman–Crippen MR) is 284 cm³/mol. The van der Waals surface area contributed by atoms with Crippen molar-refractivity contribution in [3.63, 3.8) is 0 Å². The van der Waals surface area contributed by atoms with Crippen LogP contribution in [0.5, 0.6) is 0 Å². The summed E-state index contributed by atoms with van der Waals surface area (Å²) >= 11 is 0. The average Bonchev–Trinajstić information content (AvgIpc) is 3.31. The van der Waals surface area contributed by atoms with Crippen LogP contribution in [0.1, 0.15) is 297 Å². The first-order valence-corrected chi connectivity index (χ1v) is 28.6. The van der Waals surface area contributed by atoms with Gasteiger partial charge in [0.15, 0.2) is 6.10 Å². The van der Waals surface area contributed by atoms with E-state index in [9.17, 15) is 14.4 Å². The van der Waals surface area contributed by atoms with Gasteiger partial charge in [-0.15, -0.1) is 0 Å². The van der Waals surface area contributed by atoms with Gasteiger partial charge in [0.1, 0.15) is 13.2 Å². The van der Waals surface area contributed by atoms with E-state index in [1.165, 1.54) is 186 Å². The van der Waals surface area contributed by atoms with Crippen molar-refractivity contribution in [2.24, 2.45) is 0 Å². The van der Waals surface area contributed by atoms with Gasteiger partial charge in [-0.3, -0.25) is 14.4 Å². The maximum atomic E-state index is 12.8. The SMILES string of the molecule is CCCCC/C=C\C/C=C\C/C=C\C/C=C\CCCC(=O)O[C@@H](COC(=O)CCCCCCCCCCCCCC)COC(=O)CCCCCCCCCCCCCCCCCCCCC. The highest BCUT2D eigenvalue weighted by Gasteiger charge is 2.19. The van der Waals surface area contributed by atoms with Crippen molar-refractivity contribution < 1.29 is 28.6 Å². The van der Waals surface area contributed by atoms with Crippen LogP contribution in [0, 0.1) is 0 Å². The van der Waals surface area contributed by atoms with Gasteiger partial charge >= 0.3 is 17.9 Å². The van der Waals surface area contributed by atoms with Gasteiger partial charge in [-0.1, -0.05) is 268 Å². The molecule has 0 aromatic heterocycles. The molecule has 0 rings (SSSR count). The van der Waals surface area contributed by atoms with E-state index in [2.05, 4.69) is 69.4 Å². The maximum Gasteiger partial charge on any atom is 0.306 e. The third-order valence-electron chi connectivity index (χ3n) is 12.6. The molecule has 0 bridgehead atoms. The molecule has 0 aliphatic rings. The van der Waals surface area contributed by atoms with E-state index in [0.717, 1.165) is 64.2 Å². The Hall–Kier alpha value is -2.63. The Bertz CT molecular complexity index is 1150. The number of unbranched alkanes of at least 4 members (excludes halogenated alkanes) is 33. The molecule has 0 saturated carbocycles. The summed E-state index contributed by atoms with van der Waals surface area (Å²) in [6.07, 6.45) is 66.8. The topological polar surface area (TPSA) is 78.9 Å². The normalized spacial score (nSPS) is 12.3. The van der Waals surface area contributed by atoms with Gasteiger partial charge in [-0.25, -0.2) is 0 Å². The highest BCUT2D eigenvalue weighted by Crippen LogP contribution is 2.16. The van der Waals surface area contributed by atoms with E-state index < -0.39 is 6.10 Å². The summed E-state index contributed by atoms with van der Waals surface area (Å²) in [7, 11) is 0. The Morgan fingerprint density at radius 2 is 0.561 bits per heavy atom. The molecule has 0 spiro atoms. The molecular formula is C60H108O6. The van der Waals surface area contributed by atoms with Gasteiger partial charge in [0.05, 0.1) is 0 Å². The molecule has 6 nitrogen and oxygen atoms in total. The van der Waals surface area contributed by atoms with Crippen LogP contribution < -0.4 is 0 Å². The molecule has 0 aromatic carbocycles. The minimum Gasteiger partial charge on any atom is -0.462 e. The van der Waals surface area contributed by atoms with Crippen LogP contribution in [0.2, 0.25) is 0 Å². The van der Waals surface area contributed by atoms with Crippen molar-refractivity contribution in [3.8, 4) is 0 Å². The lowest BCUT2D eigenvalue weighted by atomic mass is 10.0. The van der Waals surface area contributed by atoms with E-state index in [1.54, 1.807) is 0 Å². The number of allylic oxidation sites excluding steroid dienone is 8. The molecule has 0 saturated heterocycles. The molecule has 1 atom stereocenters. The minimum atomic E-state index is -0.797. The molecule has 0 aromatic rings. The fourth-order valence-corrected chi connectivity index (χ4v) is 8.26. The lowest BCUT2D eigenvalue weighted by Crippen LogP contribution is -2.30. The number of hydrogen-bond acceptors (Lipinski definition) is 6. The van der Waals surface area contributed by atoms with Crippen molar-refractivity contribution >= 4 is 17.9 Å². The Labute approximate surface area is 409 Å². The quantitative estimate of drug-likeness (QED) is 0.0262. The summed E-state index contributed by atoms with van der Waals surface area (Å²) in [5.41, 5.74) is 0. The molecule has 0 N–H and O–H groups in total. The van der Waals surface area contributed by atoms with Gasteiger partial charge < -0.3 is 14.2 Å². The Balaban J connectivity index is 4.39. The third kappa shape index (κ3) is 52.3. The standard InChI is InChI=1S/C60H108O6/c1-4-7-10-13-16-19-22-25-27-29-30-32-33-35-38-41-44-47-50-53-59(62)65-56-57(55-64-58(61)52-49-46-43-40-37-24-21-18-15-12-9-6-3)66-60(63)54-51-48-45-42-39-36-34-31-28-26-23-20-17-14-11-8-5-2/h17,20,26,28,34,36,42,45,57H,4-16,18-19,21-25,27,29-33,35,37-41,43-44,46-56H2,1-3H3/b20-17-,28-26-,36-34-,45-42-/t57-/m0/s1. The van der Waals surface area contributed by atoms with Crippen molar-refractivity contribution in [1.82, 2.24) is 0 Å². The van der Waals surface area contributed by atoms with Gasteiger partial charge in [0, 0.05) is 19.3 Å². The fraction of sp³-hybridized carbons (Fsp3) is 0.817. The first kappa shape index (κ1) is 63.4. The monoisotopic (exact) mass is 925 g/mol. The first-order chi connectivity index (χ1) is 32.5. The van der Waals surface area contributed by atoms with Crippen LogP contribution in [-0.4, -0.2) is 37.2 Å². The molecule has 0 heterocycles. The lowest BCUT2D eigenvalue weighted by Gasteiger charge is -2.18. The highest BCUT2D eigenvalue weighted by molar-refractivity contribution is 5.71. The fourth-order valence-electron chi connectivity index (χ4n) is 8.26. The second kappa shape index (κ2) is 55.0. The molecule has 0 amide bonds.